The number of nitro groups is 1. The van der Waals surface area contributed by atoms with Gasteiger partial charge in [-0.15, -0.1) is 10.2 Å². The highest BCUT2D eigenvalue weighted by Gasteiger charge is 2.13. The molecule has 1 heterocycles. The molecule has 0 fully saturated rings. The molecule has 144 valence electrons. The molecule has 0 spiro atoms. The standard InChI is InChI=1S/C18H15N3O7/c1-25-14-4-2-3-5-15(14)26-11-17(22)27-10-16-19-20-18(28-16)12-6-8-13(9-7-12)21(23)24/h2-9H,10-11H2,1H3. The van der Waals surface area contributed by atoms with Crippen molar-refractivity contribution in [2.45, 2.75) is 6.61 Å². The van der Waals surface area contributed by atoms with Gasteiger partial charge in [-0.2, -0.15) is 0 Å². The number of carbonyl (C=O) groups excluding carboxylic acids is 1. The van der Waals surface area contributed by atoms with Crippen molar-refractivity contribution in [1.29, 1.82) is 0 Å². The lowest BCUT2D eigenvalue weighted by atomic mass is 10.2. The van der Waals surface area contributed by atoms with Gasteiger partial charge >= 0.3 is 5.97 Å². The number of aromatic nitrogens is 2. The highest BCUT2D eigenvalue weighted by atomic mass is 16.6. The number of benzene rings is 2. The molecule has 2 aromatic carbocycles. The van der Waals surface area contributed by atoms with Crippen LogP contribution in [0.2, 0.25) is 0 Å². The van der Waals surface area contributed by atoms with Crippen LogP contribution in [0.5, 0.6) is 11.5 Å². The summed E-state index contributed by atoms with van der Waals surface area (Å²) in [6.07, 6.45) is 0. The smallest absolute Gasteiger partial charge is 0.344 e. The summed E-state index contributed by atoms with van der Waals surface area (Å²) in [5, 5.41) is 18.3. The summed E-state index contributed by atoms with van der Waals surface area (Å²) in [6, 6.07) is 12.5. The van der Waals surface area contributed by atoms with Gasteiger partial charge in [0.25, 0.3) is 11.6 Å². The van der Waals surface area contributed by atoms with Crippen molar-refractivity contribution in [3.05, 3.63) is 64.5 Å². The molecular weight excluding hydrogens is 370 g/mol. The Labute approximate surface area is 158 Å². The predicted molar refractivity (Wildman–Crippen MR) is 94.7 cm³/mol. The monoisotopic (exact) mass is 385 g/mol. The number of nitrogens with zero attached hydrogens (tertiary/aromatic N) is 3. The van der Waals surface area contributed by atoms with Gasteiger partial charge in [0, 0.05) is 17.7 Å². The molecule has 10 nitrogen and oxygen atoms in total. The van der Waals surface area contributed by atoms with Gasteiger partial charge in [0.05, 0.1) is 12.0 Å². The summed E-state index contributed by atoms with van der Waals surface area (Å²) in [5.74, 6) is 0.534. The molecule has 1 aromatic heterocycles. The van der Waals surface area contributed by atoms with Crippen LogP contribution in [0.15, 0.2) is 52.9 Å². The van der Waals surface area contributed by atoms with E-state index in [0.717, 1.165) is 0 Å². The molecule has 0 aliphatic heterocycles. The summed E-state index contributed by atoms with van der Waals surface area (Å²) < 4.78 is 20.9. The third kappa shape index (κ3) is 4.61. The topological polar surface area (TPSA) is 127 Å². The van der Waals surface area contributed by atoms with E-state index in [4.69, 9.17) is 18.6 Å². The highest BCUT2D eigenvalue weighted by Crippen LogP contribution is 2.25. The molecular formula is C18H15N3O7. The van der Waals surface area contributed by atoms with E-state index in [1.54, 1.807) is 24.3 Å². The molecule has 3 aromatic rings. The first-order valence-corrected chi connectivity index (χ1v) is 8.05. The second kappa shape index (κ2) is 8.62. The van der Waals surface area contributed by atoms with Crippen molar-refractivity contribution in [3.63, 3.8) is 0 Å². The van der Waals surface area contributed by atoms with Crippen molar-refractivity contribution >= 4 is 11.7 Å². The maximum Gasteiger partial charge on any atom is 0.344 e. The lowest BCUT2D eigenvalue weighted by Crippen LogP contribution is -2.15. The van der Waals surface area contributed by atoms with Gasteiger partial charge in [0.15, 0.2) is 24.7 Å². The summed E-state index contributed by atoms with van der Waals surface area (Å²) in [7, 11) is 1.50. The fourth-order valence-electron chi connectivity index (χ4n) is 2.21. The number of para-hydroxylation sites is 2. The predicted octanol–water partition coefficient (Wildman–Crippen LogP) is 2.78. The van der Waals surface area contributed by atoms with E-state index in [-0.39, 0.29) is 30.7 Å². The Hall–Kier alpha value is -3.95. The van der Waals surface area contributed by atoms with E-state index >= 15 is 0 Å². The number of nitro benzene ring substituents is 1. The Bertz CT molecular complexity index is 969. The maximum absolute atomic E-state index is 11.8. The Morgan fingerprint density at radius 2 is 1.82 bits per heavy atom. The Morgan fingerprint density at radius 1 is 1.11 bits per heavy atom. The molecule has 0 unspecified atom stereocenters. The first-order chi connectivity index (χ1) is 13.6. The van der Waals surface area contributed by atoms with Gasteiger partial charge in [-0.25, -0.2) is 4.79 Å². The molecule has 28 heavy (non-hydrogen) atoms. The lowest BCUT2D eigenvalue weighted by Gasteiger charge is -2.09. The summed E-state index contributed by atoms with van der Waals surface area (Å²) in [6.45, 7) is -0.544. The van der Waals surface area contributed by atoms with Crippen LogP contribution >= 0.6 is 0 Å². The minimum atomic E-state index is -0.624. The fourth-order valence-corrected chi connectivity index (χ4v) is 2.21. The van der Waals surface area contributed by atoms with Crippen molar-refractivity contribution < 1.29 is 28.3 Å². The number of ether oxygens (including phenoxy) is 3. The SMILES string of the molecule is COc1ccccc1OCC(=O)OCc1nnc(-c2ccc([N+](=O)[O-])cc2)o1. The molecule has 0 aliphatic rings. The van der Waals surface area contributed by atoms with E-state index in [0.29, 0.717) is 17.1 Å². The number of hydrogen-bond donors (Lipinski definition) is 0. The molecule has 0 bridgehead atoms. The van der Waals surface area contributed by atoms with Crippen molar-refractivity contribution in [2.75, 3.05) is 13.7 Å². The van der Waals surface area contributed by atoms with Crippen LogP contribution in [0, 0.1) is 10.1 Å². The third-order valence-corrected chi connectivity index (χ3v) is 3.56. The normalized spacial score (nSPS) is 10.3. The van der Waals surface area contributed by atoms with Crippen LogP contribution in [-0.2, 0) is 16.1 Å². The second-order valence-electron chi connectivity index (χ2n) is 5.41. The van der Waals surface area contributed by atoms with Crippen LogP contribution in [0.25, 0.3) is 11.5 Å². The molecule has 0 aliphatic carbocycles. The van der Waals surface area contributed by atoms with E-state index in [1.165, 1.54) is 31.4 Å². The zero-order valence-electron chi connectivity index (χ0n) is 14.7. The van der Waals surface area contributed by atoms with E-state index in [2.05, 4.69) is 10.2 Å². The van der Waals surface area contributed by atoms with Crippen molar-refractivity contribution in [1.82, 2.24) is 10.2 Å². The Morgan fingerprint density at radius 3 is 2.50 bits per heavy atom. The van der Waals surface area contributed by atoms with E-state index < -0.39 is 10.9 Å². The number of hydrogen-bond acceptors (Lipinski definition) is 9. The van der Waals surface area contributed by atoms with Crippen LogP contribution in [-0.4, -0.2) is 34.8 Å². The zero-order chi connectivity index (χ0) is 19.9. The third-order valence-electron chi connectivity index (χ3n) is 3.56. The molecule has 0 saturated heterocycles. The van der Waals surface area contributed by atoms with Crippen molar-refractivity contribution in [2.24, 2.45) is 0 Å². The minimum absolute atomic E-state index is 0.0486. The number of rotatable bonds is 8. The molecule has 0 saturated carbocycles. The van der Waals surface area contributed by atoms with Gasteiger partial charge in [0.2, 0.25) is 5.89 Å². The lowest BCUT2D eigenvalue weighted by molar-refractivity contribution is -0.384. The maximum atomic E-state index is 11.8. The highest BCUT2D eigenvalue weighted by molar-refractivity contribution is 5.71. The van der Waals surface area contributed by atoms with Gasteiger partial charge < -0.3 is 18.6 Å². The molecule has 0 N–H and O–H groups in total. The minimum Gasteiger partial charge on any atom is -0.493 e. The summed E-state index contributed by atoms with van der Waals surface area (Å²) in [4.78, 5) is 22.0. The number of methoxy groups -OCH3 is 1. The molecule has 0 atom stereocenters. The molecule has 0 radical (unpaired) electrons. The van der Waals surface area contributed by atoms with E-state index in [9.17, 15) is 14.9 Å². The molecule has 10 heteroatoms. The second-order valence-corrected chi connectivity index (χ2v) is 5.41. The number of non-ortho nitro benzene ring substituents is 1. The van der Waals surface area contributed by atoms with Gasteiger partial charge in [-0.1, -0.05) is 12.1 Å². The quantitative estimate of drug-likeness (QED) is 0.327. The van der Waals surface area contributed by atoms with Gasteiger partial charge in [0.1, 0.15) is 0 Å². The Kier molecular flexibility index (Phi) is 5.80. The van der Waals surface area contributed by atoms with Gasteiger partial charge in [-0.05, 0) is 24.3 Å². The average molecular weight is 385 g/mol. The number of carbonyl (C=O) groups is 1. The zero-order valence-corrected chi connectivity index (χ0v) is 14.7. The number of esters is 1. The fraction of sp³-hybridized carbons (Fsp3) is 0.167. The summed E-state index contributed by atoms with van der Waals surface area (Å²) in [5.41, 5.74) is 0.461. The van der Waals surface area contributed by atoms with Crippen molar-refractivity contribution in [3.8, 4) is 23.0 Å². The van der Waals surface area contributed by atoms with Crippen LogP contribution in [0.3, 0.4) is 0 Å². The summed E-state index contributed by atoms with van der Waals surface area (Å²) >= 11 is 0. The van der Waals surface area contributed by atoms with Crippen LogP contribution in [0.1, 0.15) is 5.89 Å². The van der Waals surface area contributed by atoms with Crippen LogP contribution in [0.4, 0.5) is 5.69 Å². The van der Waals surface area contributed by atoms with Crippen LogP contribution < -0.4 is 9.47 Å². The molecule has 3 rings (SSSR count). The first-order valence-electron chi connectivity index (χ1n) is 8.05. The van der Waals surface area contributed by atoms with Gasteiger partial charge in [-0.3, -0.25) is 10.1 Å². The average Bonchev–Trinajstić information content (AvgIpc) is 3.20. The Balaban J connectivity index is 1.52. The molecule has 0 amide bonds. The largest absolute Gasteiger partial charge is 0.493 e. The van der Waals surface area contributed by atoms with E-state index in [1.807, 2.05) is 0 Å². The first kappa shape index (κ1) is 18.8.